The van der Waals surface area contributed by atoms with Gasteiger partial charge in [-0.05, 0) is 58.9 Å². The number of amides is 1. The van der Waals surface area contributed by atoms with E-state index in [1.807, 2.05) is 50.2 Å². The second kappa shape index (κ2) is 12.6. The topological polar surface area (TPSA) is 84.1 Å². The second-order valence-corrected chi connectivity index (χ2v) is 10.4. The van der Waals surface area contributed by atoms with Crippen molar-refractivity contribution in [1.29, 1.82) is 0 Å². The molecule has 5 aromatic rings. The molecule has 2 atom stereocenters. The van der Waals surface area contributed by atoms with E-state index in [1.54, 1.807) is 12.5 Å². The molecule has 0 aliphatic rings. The molecule has 4 aromatic carbocycles. The minimum absolute atomic E-state index is 0.175. The number of nitrogens with zero attached hydrogens (tertiary/aromatic N) is 1. The first-order valence-electron chi connectivity index (χ1n) is 13.9. The van der Waals surface area contributed by atoms with E-state index in [9.17, 15) is 9.59 Å². The summed E-state index contributed by atoms with van der Waals surface area (Å²) in [4.78, 5) is 34.4. The molecule has 1 amide bonds. The monoisotopic (exact) mass is 533 g/mol. The Morgan fingerprint density at radius 2 is 1.40 bits per heavy atom. The average Bonchev–Trinajstić information content (AvgIpc) is 3.50. The number of rotatable bonds is 11. The highest BCUT2D eigenvalue weighted by Gasteiger charge is 2.29. The first kappa shape index (κ1) is 27.1. The molecule has 0 radical (unpaired) electrons. The molecule has 0 aliphatic heterocycles. The summed E-state index contributed by atoms with van der Waals surface area (Å²) >= 11 is 0. The van der Waals surface area contributed by atoms with Gasteiger partial charge in [0.05, 0.1) is 12.4 Å². The molecular formula is C34H35N3O3. The van der Waals surface area contributed by atoms with E-state index in [0.29, 0.717) is 19.3 Å². The standard InChI is InChI=1S/C34H35N3O3/c1-3-23(2)40-34(39)32(20-29-21-35-22-36-29)37-33(38)28(18-26-14-8-12-24-10-4-6-16-30(24)26)19-27-15-9-13-25-11-5-7-17-31(25)27/h4-17,21-23,28,32H,3,18-20H2,1-2H3,(H,35,36)(H,37,38). The van der Waals surface area contributed by atoms with Crippen molar-refractivity contribution in [2.24, 2.45) is 5.92 Å². The molecule has 2 N–H and O–H groups in total. The molecule has 0 saturated carbocycles. The van der Waals surface area contributed by atoms with Gasteiger partial charge >= 0.3 is 5.97 Å². The maximum Gasteiger partial charge on any atom is 0.329 e. The SMILES string of the molecule is CCC(C)OC(=O)C(Cc1cnc[nH]1)NC(=O)C(Cc1cccc2ccccc12)Cc1cccc2ccccc12. The number of carbonyl (C=O) groups excluding carboxylic acids is 2. The zero-order chi connectivity index (χ0) is 27.9. The number of aromatic amines is 1. The second-order valence-electron chi connectivity index (χ2n) is 10.4. The third-order valence-corrected chi connectivity index (χ3v) is 7.54. The Kier molecular flexibility index (Phi) is 8.55. The number of esters is 1. The maximum atomic E-state index is 14.1. The van der Waals surface area contributed by atoms with Crippen LogP contribution in [0.3, 0.4) is 0 Å². The lowest BCUT2D eigenvalue weighted by molar-refractivity contribution is -0.152. The molecule has 0 saturated heterocycles. The van der Waals surface area contributed by atoms with Gasteiger partial charge in [-0.3, -0.25) is 4.79 Å². The van der Waals surface area contributed by atoms with Crippen LogP contribution in [-0.4, -0.2) is 34.0 Å². The number of carbonyl (C=O) groups is 2. The van der Waals surface area contributed by atoms with E-state index in [2.05, 4.69) is 63.8 Å². The highest BCUT2D eigenvalue weighted by atomic mass is 16.5. The minimum atomic E-state index is -0.829. The summed E-state index contributed by atoms with van der Waals surface area (Å²) in [5, 5.41) is 7.60. The molecule has 0 fully saturated rings. The van der Waals surface area contributed by atoms with Crippen LogP contribution in [0, 0.1) is 5.92 Å². The molecule has 0 aliphatic carbocycles. The molecule has 0 bridgehead atoms. The largest absolute Gasteiger partial charge is 0.461 e. The van der Waals surface area contributed by atoms with Crippen molar-refractivity contribution < 1.29 is 14.3 Å². The summed E-state index contributed by atoms with van der Waals surface area (Å²) < 4.78 is 5.65. The zero-order valence-electron chi connectivity index (χ0n) is 23.0. The van der Waals surface area contributed by atoms with Crippen molar-refractivity contribution in [3.05, 3.63) is 114 Å². The number of hydrogen-bond donors (Lipinski definition) is 2. The molecule has 1 heterocycles. The Balaban J connectivity index is 1.47. The van der Waals surface area contributed by atoms with Crippen LogP contribution in [-0.2, 0) is 33.6 Å². The van der Waals surface area contributed by atoms with Crippen LogP contribution < -0.4 is 5.32 Å². The lowest BCUT2D eigenvalue weighted by Crippen LogP contribution is -2.47. The van der Waals surface area contributed by atoms with Gasteiger partial charge in [-0.15, -0.1) is 0 Å². The average molecular weight is 534 g/mol. The van der Waals surface area contributed by atoms with Gasteiger partial charge in [0.2, 0.25) is 5.91 Å². The van der Waals surface area contributed by atoms with Gasteiger partial charge in [-0.1, -0.05) is 91.9 Å². The van der Waals surface area contributed by atoms with E-state index in [0.717, 1.165) is 38.4 Å². The number of H-pyrrole nitrogens is 1. The van der Waals surface area contributed by atoms with Gasteiger partial charge in [0.1, 0.15) is 6.04 Å². The summed E-state index contributed by atoms with van der Waals surface area (Å²) in [6.07, 6.45) is 5.03. The molecule has 2 unspecified atom stereocenters. The zero-order valence-corrected chi connectivity index (χ0v) is 23.0. The summed E-state index contributed by atoms with van der Waals surface area (Å²) in [5.41, 5.74) is 2.96. The molecule has 6 nitrogen and oxygen atoms in total. The van der Waals surface area contributed by atoms with Crippen LogP contribution >= 0.6 is 0 Å². The molecule has 40 heavy (non-hydrogen) atoms. The van der Waals surface area contributed by atoms with Crippen molar-refractivity contribution in [2.75, 3.05) is 0 Å². The summed E-state index contributed by atoms with van der Waals surface area (Å²) in [5.74, 6) is -1.02. The van der Waals surface area contributed by atoms with E-state index >= 15 is 0 Å². The molecule has 204 valence electrons. The summed E-state index contributed by atoms with van der Waals surface area (Å²) in [6, 6.07) is 28.1. The van der Waals surface area contributed by atoms with Crippen LogP contribution in [0.5, 0.6) is 0 Å². The van der Waals surface area contributed by atoms with Crippen LogP contribution in [0.2, 0.25) is 0 Å². The predicted molar refractivity (Wildman–Crippen MR) is 159 cm³/mol. The maximum absolute atomic E-state index is 14.1. The Bertz CT molecular complexity index is 1500. The van der Waals surface area contributed by atoms with Crippen molar-refractivity contribution in [3.63, 3.8) is 0 Å². The smallest absolute Gasteiger partial charge is 0.329 e. The third kappa shape index (κ3) is 6.40. The molecule has 6 heteroatoms. The van der Waals surface area contributed by atoms with E-state index in [4.69, 9.17) is 4.74 Å². The van der Waals surface area contributed by atoms with Gasteiger partial charge in [0.15, 0.2) is 0 Å². The van der Waals surface area contributed by atoms with Crippen LogP contribution in [0.1, 0.15) is 37.1 Å². The number of imidazole rings is 1. The normalized spacial score (nSPS) is 12.9. The first-order valence-corrected chi connectivity index (χ1v) is 13.9. The first-order chi connectivity index (χ1) is 19.5. The van der Waals surface area contributed by atoms with Gasteiger partial charge in [0, 0.05) is 24.2 Å². The number of hydrogen-bond acceptors (Lipinski definition) is 4. The van der Waals surface area contributed by atoms with E-state index in [-0.39, 0.29) is 18.4 Å². The number of nitrogens with one attached hydrogen (secondary N) is 2. The van der Waals surface area contributed by atoms with Gasteiger partial charge < -0.3 is 15.0 Å². The summed E-state index contributed by atoms with van der Waals surface area (Å²) in [7, 11) is 0. The number of aromatic nitrogens is 2. The van der Waals surface area contributed by atoms with Crippen molar-refractivity contribution in [3.8, 4) is 0 Å². The Hall–Kier alpha value is -4.45. The fourth-order valence-corrected chi connectivity index (χ4v) is 5.19. The molecule has 5 rings (SSSR count). The number of ether oxygens (including phenoxy) is 1. The number of benzene rings is 4. The number of fused-ring (bicyclic) bond motifs is 2. The molecular weight excluding hydrogens is 498 g/mol. The lowest BCUT2D eigenvalue weighted by atomic mass is 9.87. The van der Waals surface area contributed by atoms with Crippen LogP contribution in [0.4, 0.5) is 0 Å². The van der Waals surface area contributed by atoms with Crippen molar-refractivity contribution >= 4 is 33.4 Å². The highest BCUT2D eigenvalue weighted by Crippen LogP contribution is 2.26. The van der Waals surface area contributed by atoms with Crippen LogP contribution in [0.15, 0.2) is 97.5 Å². The van der Waals surface area contributed by atoms with Gasteiger partial charge in [0.25, 0.3) is 0 Å². The lowest BCUT2D eigenvalue weighted by Gasteiger charge is -2.24. The quantitative estimate of drug-likeness (QED) is 0.198. The van der Waals surface area contributed by atoms with Crippen LogP contribution in [0.25, 0.3) is 21.5 Å². The Morgan fingerprint density at radius 3 is 1.95 bits per heavy atom. The third-order valence-electron chi connectivity index (χ3n) is 7.54. The highest BCUT2D eigenvalue weighted by molar-refractivity contribution is 5.90. The fourth-order valence-electron chi connectivity index (χ4n) is 5.19. The van der Waals surface area contributed by atoms with E-state index in [1.165, 1.54) is 0 Å². The van der Waals surface area contributed by atoms with Crippen molar-refractivity contribution in [1.82, 2.24) is 15.3 Å². The van der Waals surface area contributed by atoms with Gasteiger partial charge in [-0.2, -0.15) is 0 Å². The Labute approximate surface area is 234 Å². The van der Waals surface area contributed by atoms with Gasteiger partial charge in [-0.25, -0.2) is 9.78 Å². The summed E-state index contributed by atoms with van der Waals surface area (Å²) in [6.45, 7) is 3.82. The predicted octanol–water partition coefficient (Wildman–Crippen LogP) is 6.19. The minimum Gasteiger partial charge on any atom is -0.461 e. The Morgan fingerprint density at radius 1 is 0.825 bits per heavy atom. The molecule has 1 aromatic heterocycles. The molecule has 0 spiro atoms. The van der Waals surface area contributed by atoms with Crippen molar-refractivity contribution in [2.45, 2.75) is 51.7 Å². The van der Waals surface area contributed by atoms with E-state index < -0.39 is 17.9 Å². The fraction of sp³-hybridized carbons (Fsp3) is 0.265.